The number of hydrogen-bond donors (Lipinski definition) is 1. The maximum atomic E-state index is 12.8. The number of esters is 1. The van der Waals surface area contributed by atoms with Gasteiger partial charge < -0.3 is 4.74 Å². The molecule has 28 heavy (non-hydrogen) atoms. The third-order valence-corrected chi connectivity index (χ3v) is 4.56. The van der Waals surface area contributed by atoms with Gasteiger partial charge >= 0.3 is 11.9 Å². The van der Waals surface area contributed by atoms with E-state index in [-0.39, 0.29) is 12.3 Å². The summed E-state index contributed by atoms with van der Waals surface area (Å²) in [6.07, 6.45) is 0. The third-order valence-electron chi connectivity index (χ3n) is 4.56. The number of carbonyl (C=O) groups excluding carboxylic acids is 3. The number of amides is 1. The Balaban J connectivity index is 2.07. The van der Waals surface area contributed by atoms with E-state index in [1.165, 1.54) is 6.92 Å². The molecular formula is C21H21N3O4. The Morgan fingerprint density at radius 3 is 2.36 bits per heavy atom. The lowest BCUT2D eigenvalue weighted by Crippen LogP contribution is -2.55. The highest BCUT2D eigenvalue weighted by atomic mass is 16.5. The fourth-order valence-corrected chi connectivity index (χ4v) is 3.05. The molecule has 0 aliphatic carbocycles. The number of nitrogens with one attached hydrogen (secondary N) is 1. The Labute approximate surface area is 163 Å². The lowest BCUT2D eigenvalue weighted by molar-refractivity contribution is -0.147. The van der Waals surface area contributed by atoms with Crippen molar-refractivity contribution in [3.8, 4) is 0 Å². The van der Waals surface area contributed by atoms with Crippen LogP contribution in [0.5, 0.6) is 0 Å². The molecule has 2 aromatic rings. The second-order valence-corrected chi connectivity index (χ2v) is 6.54. The predicted molar refractivity (Wildman–Crippen MR) is 106 cm³/mol. The molecule has 1 saturated heterocycles. The number of nitrogens with zero attached hydrogens (tertiary/aromatic N) is 2. The molecule has 2 aromatic carbocycles. The summed E-state index contributed by atoms with van der Waals surface area (Å²) in [4.78, 5) is 39.4. The van der Waals surface area contributed by atoms with Gasteiger partial charge in [-0.1, -0.05) is 35.9 Å². The van der Waals surface area contributed by atoms with Gasteiger partial charge in [-0.3, -0.25) is 19.9 Å². The standard InChI is InChI=1S/C21H21N3O4/c1-4-28-20(27)21(3)18(23-22-15-12-10-14(2)11-13-15)17(25)19(26)24(21)16-8-6-5-7-9-16/h5-13,22H,4H2,1-3H3/b23-18+. The lowest BCUT2D eigenvalue weighted by atomic mass is 9.95. The first-order valence-electron chi connectivity index (χ1n) is 8.91. The zero-order valence-electron chi connectivity index (χ0n) is 15.9. The van der Waals surface area contributed by atoms with Gasteiger partial charge in [-0.05, 0) is 45.0 Å². The quantitative estimate of drug-likeness (QED) is 0.490. The summed E-state index contributed by atoms with van der Waals surface area (Å²) in [5.74, 6) is -2.40. The first-order valence-corrected chi connectivity index (χ1v) is 8.91. The number of benzene rings is 2. The Morgan fingerprint density at radius 2 is 1.75 bits per heavy atom. The van der Waals surface area contributed by atoms with E-state index in [4.69, 9.17) is 4.74 Å². The minimum Gasteiger partial charge on any atom is -0.464 e. The second kappa shape index (κ2) is 7.64. The highest BCUT2D eigenvalue weighted by Crippen LogP contribution is 2.33. The van der Waals surface area contributed by atoms with Crippen LogP contribution in [0.3, 0.4) is 0 Å². The Morgan fingerprint density at radius 1 is 1.11 bits per heavy atom. The SMILES string of the molecule is CCOC(=O)C1(C)/C(=N/Nc2ccc(C)cc2)C(=O)C(=O)N1c1ccccc1. The van der Waals surface area contributed by atoms with E-state index in [0.717, 1.165) is 10.5 Å². The van der Waals surface area contributed by atoms with E-state index < -0.39 is 23.2 Å². The van der Waals surface area contributed by atoms with Crippen LogP contribution in [0.4, 0.5) is 11.4 Å². The summed E-state index contributed by atoms with van der Waals surface area (Å²) < 4.78 is 5.18. The van der Waals surface area contributed by atoms with Crippen LogP contribution < -0.4 is 10.3 Å². The van der Waals surface area contributed by atoms with Gasteiger partial charge in [0, 0.05) is 5.69 Å². The molecule has 1 aliphatic heterocycles. The van der Waals surface area contributed by atoms with Gasteiger partial charge in [0.05, 0.1) is 12.3 Å². The van der Waals surface area contributed by atoms with E-state index in [1.54, 1.807) is 49.4 Å². The predicted octanol–water partition coefficient (Wildman–Crippen LogP) is 2.70. The highest BCUT2D eigenvalue weighted by molar-refractivity contribution is 6.75. The summed E-state index contributed by atoms with van der Waals surface area (Å²) in [6.45, 7) is 5.19. The summed E-state index contributed by atoms with van der Waals surface area (Å²) in [7, 11) is 0. The fraction of sp³-hybridized carbons (Fsp3) is 0.238. The molecule has 0 saturated carbocycles. The van der Waals surface area contributed by atoms with Crippen molar-refractivity contribution in [2.24, 2.45) is 5.10 Å². The molecule has 1 aliphatic rings. The Hall–Kier alpha value is -3.48. The van der Waals surface area contributed by atoms with E-state index in [0.29, 0.717) is 11.4 Å². The molecule has 1 amide bonds. The average Bonchev–Trinajstić information content (AvgIpc) is 2.89. The van der Waals surface area contributed by atoms with Gasteiger partial charge in [0.25, 0.3) is 5.78 Å². The number of ether oxygens (including phenoxy) is 1. The van der Waals surface area contributed by atoms with E-state index in [1.807, 2.05) is 19.1 Å². The van der Waals surface area contributed by atoms with Crippen molar-refractivity contribution in [1.29, 1.82) is 0 Å². The molecule has 0 radical (unpaired) electrons. The van der Waals surface area contributed by atoms with Crippen molar-refractivity contribution in [2.75, 3.05) is 16.9 Å². The van der Waals surface area contributed by atoms with Crippen molar-refractivity contribution in [2.45, 2.75) is 26.3 Å². The molecule has 144 valence electrons. The van der Waals surface area contributed by atoms with E-state index in [2.05, 4.69) is 10.5 Å². The molecule has 0 bridgehead atoms. The van der Waals surface area contributed by atoms with Crippen molar-refractivity contribution in [1.82, 2.24) is 0 Å². The molecule has 1 unspecified atom stereocenters. The van der Waals surface area contributed by atoms with Crippen LogP contribution in [0.25, 0.3) is 0 Å². The van der Waals surface area contributed by atoms with Gasteiger partial charge in [0.2, 0.25) is 0 Å². The molecule has 0 spiro atoms. The number of carbonyl (C=O) groups is 3. The zero-order valence-corrected chi connectivity index (χ0v) is 15.9. The zero-order chi connectivity index (χ0) is 20.3. The van der Waals surface area contributed by atoms with Crippen LogP contribution in [0, 0.1) is 6.92 Å². The monoisotopic (exact) mass is 379 g/mol. The van der Waals surface area contributed by atoms with Crippen molar-refractivity contribution in [3.05, 3.63) is 60.2 Å². The molecule has 7 nitrogen and oxygen atoms in total. The summed E-state index contributed by atoms with van der Waals surface area (Å²) in [5, 5.41) is 4.14. The molecule has 1 atom stereocenters. The summed E-state index contributed by atoms with van der Waals surface area (Å²) in [5.41, 5.74) is 2.99. The molecule has 0 aromatic heterocycles. The molecular weight excluding hydrogens is 358 g/mol. The smallest absolute Gasteiger partial charge is 0.338 e. The average molecular weight is 379 g/mol. The molecule has 1 N–H and O–H groups in total. The van der Waals surface area contributed by atoms with Gasteiger partial charge in [0.15, 0.2) is 11.3 Å². The normalized spacial score (nSPS) is 20.5. The van der Waals surface area contributed by atoms with Gasteiger partial charge in [-0.15, -0.1) is 0 Å². The van der Waals surface area contributed by atoms with Crippen LogP contribution in [0.15, 0.2) is 59.7 Å². The number of hydrazone groups is 1. The van der Waals surface area contributed by atoms with Gasteiger partial charge in [0.1, 0.15) is 0 Å². The first kappa shape index (κ1) is 19.3. The van der Waals surface area contributed by atoms with Crippen LogP contribution in [0.1, 0.15) is 19.4 Å². The van der Waals surface area contributed by atoms with Crippen molar-refractivity contribution >= 4 is 34.7 Å². The van der Waals surface area contributed by atoms with E-state index >= 15 is 0 Å². The first-order chi connectivity index (χ1) is 13.4. The van der Waals surface area contributed by atoms with Crippen LogP contribution >= 0.6 is 0 Å². The number of anilines is 2. The Kier molecular flexibility index (Phi) is 5.26. The van der Waals surface area contributed by atoms with Crippen LogP contribution in [-0.4, -0.2) is 35.5 Å². The number of ketones is 1. The third kappa shape index (κ3) is 3.26. The van der Waals surface area contributed by atoms with Gasteiger partial charge in [-0.2, -0.15) is 5.10 Å². The van der Waals surface area contributed by atoms with Crippen molar-refractivity contribution < 1.29 is 19.1 Å². The summed E-state index contributed by atoms with van der Waals surface area (Å²) >= 11 is 0. The molecule has 1 fully saturated rings. The number of rotatable bonds is 5. The largest absolute Gasteiger partial charge is 0.464 e. The molecule has 7 heteroatoms. The number of para-hydroxylation sites is 1. The minimum absolute atomic E-state index is 0.109. The second-order valence-electron chi connectivity index (χ2n) is 6.54. The molecule has 1 heterocycles. The van der Waals surface area contributed by atoms with Crippen LogP contribution in [0.2, 0.25) is 0 Å². The van der Waals surface area contributed by atoms with Gasteiger partial charge in [-0.25, -0.2) is 4.79 Å². The number of aryl methyl sites for hydroxylation is 1. The van der Waals surface area contributed by atoms with Crippen molar-refractivity contribution in [3.63, 3.8) is 0 Å². The topological polar surface area (TPSA) is 88.1 Å². The minimum atomic E-state index is -1.68. The number of hydrogen-bond acceptors (Lipinski definition) is 6. The number of Topliss-reactive ketones (excluding diaryl/α,β-unsaturated/α-hetero) is 1. The fourth-order valence-electron chi connectivity index (χ4n) is 3.05. The maximum Gasteiger partial charge on any atom is 0.338 e. The van der Waals surface area contributed by atoms with E-state index in [9.17, 15) is 14.4 Å². The van der Waals surface area contributed by atoms with Crippen LogP contribution in [-0.2, 0) is 19.1 Å². The summed E-state index contributed by atoms with van der Waals surface area (Å²) in [6, 6.07) is 15.9. The Bertz CT molecular complexity index is 938. The highest BCUT2D eigenvalue weighted by Gasteiger charge is 2.60. The molecule has 3 rings (SSSR count). The maximum absolute atomic E-state index is 12.8. The lowest BCUT2D eigenvalue weighted by Gasteiger charge is -2.31.